The van der Waals surface area contributed by atoms with Crippen molar-refractivity contribution < 1.29 is 0 Å². The van der Waals surface area contributed by atoms with E-state index in [1.54, 1.807) is 12.3 Å². The van der Waals surface area contributed by atoms with E-state index in [2.05, 4.69) is 46.8 Å². The summed E-state index contributed by atoms with van der Waals surface area (Å²) in [6.45, 7) is 0. The molecule has 2 aromatic heterocycles. The van der Waals surface area contributed by atoms with Crippen LogP contribution in [0, 0.1) is 0 Å². The highest BCUT2D eigenvalue weighted by Gasteiger charge is 2.09. The first kappa shape index (κ1) is 13.1. The van der Waals surface area contributed by atoms with Gasteiger partial charge in [0.2, 0.25) is 5.95 Å². The van der Waals surface area contributed by atoms with Crippen molar-refractivity contribution in [1.82, 2.24) is 20.2 Å². The van der Waals surface area contributed by atoms with Gasteiger partial charge in [-0.05, 0) is 34.1 Å². The Morgan fingerprint density at radius 1 is 1.30 bits per heavy atom. The van der Waals surface area contributed by atoms with Gasteiger partial charge in [0.15, 0.2) is 5.65 Å². The first-order chi connectivity index (χ1) is 9.67. The number of hydrazine groups is 1. The molecule has 0 saturated carbocycles. The van der Waals surface area contributed by atoms with Crippen molar-refractivity contribution in [2.75, 3.05) is 10.7 Å². The maximum atomic E-state index is 5.97. The third-order valence-corrected chi connectivity index (χ3v) is 3.84. The van der Waals surface area contributed by atoms with Crippen molar-refractivity contribution in [1.29, 1.82) is 0 Å². The molecule has 0 aliphatic heterocycles. The minimum atomic E-state index is 0.289. The Labute approximate surface area is 127 Å². The highest BCUT2D eigenvalue weighted by Crippen LogP contribution is 2.29. The monoisotopic (exact) mass is 353 g/mol. The van der Waals surface area contributed by atoms with Crippen LogP contribution < -0.4 is 16.6 Å². The molecule has 0 bridgehead atoms. The van der Waals surface area contributed by atoms with Gasteiger partial charge < -0.3 is 5.32 Å². The molecule has 2 heterocycles. The molecule has 7 nitrogen and oxygen atoms in total. The lowest BCUT2D eigenvalue weighted by molar-refractivity contribution is 1.08. The van der Waals surface area contributed by atoms with Gasteiger partial charge in [0.1, 0.15) is 5.82 Å². The summed E-state index contributed by atoms with van der Waals surface area (Å²) in [5, 5.41) is 11.3. The van der Waals surface area contributed by atoms with Crippen molar-refractivity contribution in [2.24, 2.45) is 5.84 Å². The fraction of sp³-hybridized carbons (Fsp3) is 0. The van der Waals surface area contributed by atoms with Gasteiger partial charge in [-0.3, -0.25) is 10.5 Å². The Morgan fingerprint density at radius 3 is 2.90 bits per heavy atom. The highest BCUT2D eigenvalue weighted by atomic mass is 79.9. The standard InChI is InChI=1S/C11H9BrClN7/c12-7-3-5(1-2-8(7)13)16-9-6-4-15-20-10(6)18-11(17-9)19-14/h1-4H,14H2,(H3,15,16,17,18,19,20). The van der Waals surface area contributed by atoms with Crippen LogP contribution in [0.3, 0.4) is 0 Å². The number of nitrogens with one attached hydrogen (secondary N) is 3. The van der Waals surface area contributed by atoms with Gasteiger partial charge >= 0.3 is 0 Å². The summed E-state index contributed by atoms with van der Waals surface area (Å²) in [6, 6.07) is 5.48. The predicted molar refractivity (Wildman–Crippen MR) is 81.9 cm³/mol. The molecule has 102 valence electrons. The van der Waals surface area contributed by atoms with Gasteiger partial charge in [0, 0.05) is 10.2 Å². The number of hydrogen-bond acceptors (Lipinski definition) is 6. The number of aromatic amines is 1. The van der Waals surface area contributed by atoms with Gasteiger partial charge in [-0.15, -0.1) is 0 Å². The molecule has 0 spiro atoms. The van der Waals surface area contributed by atoms with Gasteiger partial charge in [0.25, 0.3) is 0 Å². The second-order valence-electron chi connectivity index (χ2n) is 3.93. The number of nitrogens with two attached hydrogens (primary N) is 1. The smallest absolute Gasteiger partial charge is 0.241 e. The number of rotatable bonds is 3. The Hall–Kier alpha value is -1.90. The van der Waals surface area contributed by atoms with Crippen LogP contribution in [0.15, 0.2) is 28.9 Å². The average Bonchev–Trinajstić information content (AvgIpc) is 2.91. The fourth-order valence-corrected chi connectivity index (χ4v) is 2.20. The van der Waals surface area contributed by atoms with E-state index >= 15 is 0 Å². The van der Waals surface area contributed by atoms with Crippen molar-refractivity contribution in [2.45, 2.75) is 0 Å². The molecule has 1 aromatic carbocycles. The molecule has 0 fully saturated rings. The lowest BCUT2D eigenvalue weighted by atomic mass is 10.3. The number of nitrogen functional groups attached to an aromatic ring is 1. The molecule has 0 aliphatic rings. The molecule has 0 radical (unpaired) electrons. The Morgan fingerprint density at radius 2 is 2.15 bits per heavy atom. The fourth-order valence-electron chi connectivity index (χ4n) is 1.71. The van der Waals surface area contributed by atoms with Crippen LogP contribution in [0.4, 0.5) is 17.5 Å². The quantitative estimate of drug-likeness (QED) is 0.426. The molecular weight excluding hydrogens is 346 g/mol. The van der Waals surface area contributed by atoms with Gasteiger partial charge in [-0.25, -0.2) is 5.84 Å². The maximum Gasteiger partial charge on any atom is 0.241 e. The van der Waals surface area contributed by atoms with Crippen LogP contribution in [0.25, 0.3) is 11.0 Å². The van der Waals surface area contributed by atoms with Crippen LogP contribution in [0.1, 0.15) is 0 Å². The summed E-state index contributed by atoms with van der Waals surface area (Å²) in [5.74, 6) is 6.23. The molecule has 0 unspecified atom stereocenters. The lowest BCUT2D eigenvalue weighted by Crippen LogP contribution is -2.11. The first-order valence-corrected chi connectivity index (χ1v) is 6.74. The summed E-state index contributed by atoms with van der Waals surface area (Å²) >= 11 is 9.34. The summed E-state index contributed by atoms with van der Waals surface area (Å²) < 4.78 is 0.791. The molecule has 0 atom stereocenters. The van der Waals surface area contributed by atoms with E-state index in [1.807, 2.05) is 12.1 Å². The summed E-state index contributed by atoms with van der Waals surface area (Å²) in [7, 11) is 0. The minimum absolute atomic E-state index is 0.289. The van der Waals surface area contributed by atoms with E-state index in [9.17, 15) is 0 Å². The number of halogens is 2. The molecular formula is C11H9BrClN7. The molecule has 3 rings (SSSR count). The zero-order valence-corrected chi connectivity index (χ0v) is 12.3. The van der Waals surface area contributed by atoms with Crippen molar-refractivity contribution in [3.05, 3.63) is 33.9 Å². The second-order valence-corrected chi connectivity index (χ2v) is 5.19. The van der Waals surface area contributed by atoms with Crippen LogP contribution in [-0.2, 0) is 0 Å². The number of hydrogen-bond donors (Lipinski definition) is 4. The Bertz CT molecular complexity index is 773. The largest absolute Gasteiger partial charge is 0.339 e. The number of H-pyrrole nitrogens is 1. The lowest BCUT2D eigenvalue weighted by Gasteiger charge is -2.09. The number of benzene rings is 1. The van der Waals surface area contributed by atoms with E-state index in [4.69, 9.17) is 17.4 Å². The van der Waals surface area contributed by atoms with Gasteiger partial charge in [-0.2, -0.15) is 15.1 Å². The molecule has 0 amide bonds. The zero-order valence-electron chi connectivity index (χ0n) is 9.98. The predicted octanol–water partition coefficient (Wildman–Crippen LogP) is 2.80. The van der Waals surface area contributed by atoms with E-state index in [-0.39, 0.29) is 5.95 Å². The van der Waals surface area contributed by atoms with Crippen LogP contribution in [0.2, 0.25) is 5.02 Å². The van der Waals surface area contributed by atoms with Gasteiger partial charge in [0.05, 0.1) is 16.6 Å². The number of aromatic nitrogens is 4. The van der Waals surface area contributed by atoms with E-state index < -0.39 is 0 Å². The molecule has 5 N–H and O–H groups in total. The van der Waals surface area contributed by atoms with Crippen LogP contribution >= 0.6 is 27.5 Å². The second kappa shape index (κ2) is 5.23. The minimum Gasteiger partial charge on any atom is -0.339 e. The normalized spacial score (nSPS) is 10.8. The maximum absolute atomic E-state index is 5.97. The van der Waals surface area contributed by atoms with Crippen molar-refractivity contribution >= 4 is 56.0 Å². The number of anilines is 3. The van der Waals surface area contributed by atoms with Crippen LogP contribution in [0.5, 0.6) is 0 Å². The van der Waals surface area contributed by atoms with E-state index in [1.165, 1.54) is 0 Å². The number of fused-ring (bicyclic) bond motifs is 1. The third-order valence-electron chi connectivity index (χ3n) is 2.62. The highest BCUT2D eigenvalue weighted by molar-refractivity contribution is 9.10. The molecule has 3 aromatic rings. The summed E-state index contributed by atoms with van der Waals surface area (Å²) in [6.07, 6.45) is 1.64. The van der Waals surface area contributed by atoms with E-state index in [0.717, 1.165) is 15.5 Å². The molecule has 0 aliphatic carbocycles. The van der Waals surface area contributed by atoms with Crippen LogP contribution in [-0.4, -0.2) is 20.2 Å². The third kappa shape index (κ3) is 2.40. The SMILES string of the molecule is NNc1nc(Nc2ccc(Cl)c(Br)c2)c2cn[nH]c2n1. The van der Waals surface area contributed by atoms with E-state index in [0.29, 0.717) is 16.5 Å². The topological polar surface area (TPSA) is 105 Å². The van der Waals surface area contributed by atoms with Gasteiger partial charge in [-0.1, -0.05) is 11.6 Å². The first-order valence-electron chi connectivity index (χ1n) is 5.57. The summed E-state index contributed by atoms with van der Waals surface area (Å²) in [5.41, 5.74) is 3.83. The Kier molecular flexibility index (Phi) is 3.43. The molecule has 20 heavy (non-hydrogen) atoms. The zero-order chi connectivity index (χ0) is 14.1. The molecule has 9 heteroatoms. The van der Waals surface area contributed by atoms with Crippen molar-refractivity contribution in [3.8, 4) is 0 Å². The molecule has 0 saturated heterocycles. The summed E-state index contributed by atoms with van der Waals surface area (Å²) in [4.78, 5) is 8.42. The Balaban J connectivity index is 2.04. The average molecular weight is 355 g/mol. The van der Waals surface area contributed by atoms with Crippen molar-refractivity contribution in [3.63, 3.8) is 0 Å². The number of nitrogens with zero attached hydrogens (tertiary/aromatic N) is 3.